The first-order valence-corrected chi connectivity index (χ1v) is 13.6. The van der Waals surface area contributed by atoms with E-state index in [0.717, 1.165) is 25.2 Å². The van der Waals surface area contributed by atoms with Gasteiger partial charge >= 0.3 is 0 Å². The van der Waals surface area contributed by atoms with Crippen molar-refractivity contribution >= 4 is 0 Å². The molecular weight excluding hydrogens is 402 g/mol. The second-order valence-electron chi connectivity index (χ2n) is 12.9. The normalized spacial score (nSPS) is 60.4. The Morgan fingerprint density at radius 3 is 2.34 bits per heavy atom. The van der Waals surface area contributed by atoms with Crippen LogP contribution in [0.5, 0.6) is 0 Å². The van der Waals surface area contributed by atoms with Crippen LogP contribution in [-0.2, 0) is 4.74 Å². The standard InChI is InChI=1S/C27H47NO4/c1-5-17-9-13-27(28)20-7-6-18-14-16(24-23(31)22(30)21(29)15(2)32-24)8-11-25(18,3)19(20)10-12-26(17,27)4/h15-24,29-31H,5-14,28H2,1-4H3/t15-,16?,17-,18+,19-,20+,21-,22+,23+,24+,25-,26+,27-/m0/s1. The Labute approximate surface area is 194 Å². The molecule has 1 unspecified atom stereocenters. The smallest absolute Gasteiger partial charge is 0.111 e. The first-order valence-electron chi connectivity index (χ1n) is 13.6. The number of aliphatic hydroxyl groups excluding tert-OH is 3. The van der Waals surface area contributed by atoms with Gasteiger partial charge in [0.1, 0.15) is 18.3 Å². The first kappa shape index (κ1) is 23.5. The van der Waals surface area contributed by atoms with Gasteiger partial charge in [-0.1, -0.05) is 27.2 Å². The van der Waals surface area contributed by atoms with Gasteiger partial charge in [0.15, 0.2) is 0 Å². The minimum atomic E-state index is -1.12. The maximum Gasteiger partial charge on any atom is 0.111 e. The molecule has 5 heteroatoms. The lowest BCUT2D eigenvalue weighted by Crippen LogP contribution is -2.66. The average Bonchev–Trinajstić information content (AvgIpc) is 3.05. The summed E-state index contributed by atoms with van der Waals surface area (Å²) in [7, 11) is 0. The Balaban J connectivity index is 1.34. The molecule has 5 aliphatic rings. The Kier molecular flexibility index (Phi) is 5.82. The summed E-state index contributed by atoms with van der Waals surface area (Å²) in [4.78, 5) is 0. The Hall–Kier alpha value is -0.200. The molecule has 5 fully saturated rings. The van der Waals surface area contributed by atoms with E-state index in [1.165, 1.54) is 44.9 Å². The van der Waals surface area contributed by atoms with Gasteiger partial charge in [0.05, 0.1) is 12.2 Å². The highest BCUT2D eigenvalue weighted by molar-refractivity contribution is 5.19. The Morgan fingerprint density at radius 1 is 0.875 bits per heavy atom. The van der Waals surface area contributed by atoms with E-state index in [2.05, 4.69) is 20.8 Å². The van der Waals surface area contributed by atoms with E-state index >= 15 is 0 Å². The number of hydrogen-bond donors (Lipinski definition) is 4. The molecule has 13 atom stereocenters. The summed E-state index contributed by atoms with van der Waals surface area (Å²) < 4.78 is 6.07. The van der Waals surface area contributed by atoms with Gasteiger partial charge in [0.25, 0.3) is 0 Å². The molecule has 0 radical (unpaired) electrons. The van der Waals surface area contributed by atoms with Crippen molar-refractivity contribution in [3.63, 3.8) is 0 Å². The van der Waals surface area contributed by atoms with E-state index in [1.54, 1.807) is 6.92 Å². The lowest BCUT2D eigenvalue weighted by molar-refractivity contribution is -0.238. The Bertz CT molecular complexity index is 718. The molecule has 0 aromatic heterocycles. The van der Waals surface area contributed by atoms with Crippen LogP contribution in [0.4, 0.5) is 0 Å². The van der Waals surface area contributed by atoms with Crippen LogP contribution in [0.2, 0.25) is 0 Å². The number of hydrogen-bond acceptors (Lipinski definition) is 5. The summed E-state index contributed by atoms with van der Waals surface area (Å²) in [5.74, 6) is 3.02. The van der Waals surface area contributed by atoms with Gasteiger partial charge in [0, 0.05) is 5.54 Å². The molecule has 5 rings (SSSR count). The van der Waals surface area contributed by atoms with E-state index in [4.69, 9.17) is 10.5 Å². The van der Waals surface area contributed by atoms with Crippen LogP contribution in [0.25, 0.3) is 0 Å². The van der Waals surface area contributed by atoms with Gasteiger partial charge in [-0.05, 0) is 105 Å². The molecular formula is C27H47NO4. The van der Waals surface area contributed by atoms with E-state index in [0.29, 0.717) is 28.6 Å². The van der Waals surface area contributed by atoms with Crippen LogP contribution in [0.1, 0.15) is 91.9 Å². The zero-order valence-corrected chi connectivity index (χ0v) is 20.7. The van der Waals surface area contributed by atoms with Crippen molar-refractivity contribution in [1.82, 2.24) is 0 Å². The number of ether oxygens (including phenoxy) is 1. The van der Waals surface area contributed by atoms with Crippen molar-refractivity contribution in [1.29, 1.82) is 0 Å². The molecule has 4 saturated carbocycles. The Morgan fingerprint density at radius 2 is 1.62 bits per heavy atom. The van der Waals surface area contributed by atoms with E-state index in [9.17, 15) is 15.3 Å². The van der Waals surface area contributed by atoms with Crippen molar-refractivity contribution in [3.8, 4) is 0 Å². The van der Waals surface area contributed by atoms with Crippen molar-refractivity contribution in [2.24, 2.45) is 46.2 Å². The average molecular weight is 450 g/mol. The lowest BCUT2D eigenvalue weighted by atomic mass is 9.42. The quantitative estimate of drug-likeness (QED) is 0.516. The molecule has 4 aliphatic carbocycles. The van der Waals surface area contributed by atoms with Crippen LogP contribution >= 0.6 is 0 Å². The molecule has 5 N–H and O–H groups in total. The van der Waals surface area contributed by atoms with Crippen molar-refractivity contribution < 1.29 is 20.1 Å². The van der Waals surface area contributed by atoms with E-state index in [1.807, 2.05) is 0 Å². The van der Waals surface area contributed by atoms with Crippen molar-refractivity contribution in [2.75, 3.05) is 0 Å². The second kappa shape index (κ2) is 7.91. The third-order valence-corrected chi connectivity index (χ3v) is 12.1. The molecule has 0 bridgehead atoms. The summed E-state index contributed by atoms with van der Waals surface area (Å²) in [6.07, 6.45) is 8.13. The second-order valence-corrected chi connectivity index (χ2v) is 12.9. The summed E-state index contributed by atoms with van der Waals surface area (Å²) in [5.41, 5.74) is 8.02. The van der Waals surface area contributed by atoms with Gasteiger partial charge in [-0.2, -0.15) is 0 Å². The van der Waals surface area contributed by atoms with Crippen LogP contribution in [0, 0.1) is 40.4 Å². The predicted octanol–water partition coefficient (Wildman–Crippen LogP) is 3.62. The fourth-order valence-corrected chi connectivity index (χ4v) is 9.90. The highest BCUT2D eigenvalue weighted by Crippen LogP contribution is 2.69. The maximum atomic E-state index is 10.7. The minimum absolute atomic E-state index is 0.000221. The lowest BCUT2D eigenvalue weighted by Gasteiger charge is -2.65. The fourth-order valence-electron chi connectivity index (χ4n) is 9.90. The molecule has 32 heavy (non-hydrogen) atoms. The largest absolute Gasteiger partial charge is 0.388 e. The van der Waals surface area contributed by atoms with E-state index in [-0.39, 0.29) is 17.6 Å². The van der Waals surface area contributed by atoms with Gasteiger partial charge in [-0.25, -0.2) is 0 Å². The molecule has 0 amide bonds. The molecule has 184 valence electrons. The summed E-state index contributed by atoms with van der Waals surface area (Å²) >= 11 is 0. The third-order valence-electron chi connectivity index (χ3n) is 12.1. The molecule has 1 aliphatic heterocycles. The topological polar surface area (TPSA) is 95.9 Å². The number of rotatable bonds is 2. The molecule has 0 spiro atoms. The maximum absolute atomic E-state index is 10.7. The molecule has 1 saturated heterocycles. The summed E-state index contributed by atoms with van der Waals surface area (Å²) in [5, 5.41) is 31.1. The molecule has 5 nitrogen and oxygen atoms in total. The molecule has 1 heterocycles. The first-order chi connectivity index (χ1) is 15.1. The van der Waals surface area contributed by atoms with Crippen LogP contribution in [0.15, 0.2) is 0 Å². The van der Waals surface area contributed by atoms with Crippen LogP contribution < -0.4 is 5.73 Å². The number of aliphatic hydroxyl groups is 3. The highest BCUT2D eigenvalue weighted by atomic mass is 16.5. The van der Waals surface area contributed by atoms with Gasteiger partial charge in [0.2, 0.25) is 0 Å². The molecule has 0 aromatic rings. The van der Waals surface area contributed by atoms with Gasteiger partial charge in [-0.3, -0.25) is 0 Å². The fraction of sp³-hybridized carbons (Fsp3) is 1.00. The number of nitrogens with two attached hydrogens (primary N) is 1. The van der Waals surface area contributed by atoms with Crippen molar-refractivity contribution in [3.05, 3.63) is 0 Å². The van der Waals surface area contributed by atoms with Crippen LogP contribution in [0.3, 0.4) is 0 Å². The monoisotopic (exact) mass is 449 g/mol. The van der Waals surface area contributed by atoms with Gasteiger partial charge < -0.3 is 25.8 Å². The van der Waals surface area contributed by atoms with E-state index < -0.39 is 24.4 Å². The minimum Gasteiger partial charge on any atom is -0.388 e. The summed E-state index contributed by atoms with van der Waals surface area (Å²) in [6, 6.07) is 0. The zero-order chi connectivity index (χ0) is 23.1. The molecule has 0 aromatic carbocycles. The SMILES string of the molecule is CC[C@H]1CC[C@]2(N)[C@@H]3CC[C@@H]4CC([C@H]5O[C@@H](C)[C@H](O)[C@@H](O)[C@H]5O)CC[C@]4(C)[C@H]3CC[C@]12C. The highest BCUT2D eigenvalue weighted by Gasteiger charge is 2.66. The zero-order valence-electron chi connectivity index (χ0n) is 20.7. The predicted molar refractivity (Wildman–Crippen MR) is 125 cm³/mol. The number of fused-ring (bicyclic) bond motifs is 5. The van der Waals surface area contributed by atoms with Crippen molar-refractivity contribution in [2.45, 2.75) is 128 Å². The van der Waals surface area contributed by atoms with Crippen LogP contribution in [-0.4, -0.2) is 51.4 Å². The van der Waals surface area contributed by atoms with Gasteiger partial charge in [-0.15, -0.1) is 0 Å². The third kappa shape index (κ3) is 3.07. The summed E-state index contributed by atoms with van der Waals surface area (Å²) in [6.45, 7) is 9.21.